The van der Waals surface area contributed by atoms with Crippen molar-refractivity contribution in [2.24, 2.45) is 0 Å². The molecule has 1 aliphatic heterocycles. The van der Waals surface area contributed by atoms with E-state index in [0.29, 0.717) is 11.3 Å². The molecule has 3 aromatic rings. The molecule has 0 spiro atoms. The minimum atomic E-state index is -0.369. The Morgan fingerprint density at radius 2 is 2.00 bits per heavy atom. The van der Waals surface area contributed by atoms with Gasteiger partial charge in [0.25, 0.3) is 5.91 Å². The van der Waals surface area contributed by atoms with Crippen LogP contribution in [0.15, 0.2) is 59.0 Å². The first-order valence-corrected chi connectivity index (χ1v) is 8.19. The Kier molecular flexibility index (Phi) is 3.16. The van der Waals surface area contributed by atoms with Gasteiger partial charge in [-0.1, -0.05) is 24.3 Å². The second-order valence-electron chi connectivity index (χ2n) is 5.53. The molecule has 1 aromatic carbocycles. The molecule has 1 N–H and O–H groups in total. The maximum absolute atomic E-state index is 12.3. The van der Waals surface area contributed by atoms with Gasteiger partial charge in [0.05, 0.1) is 22.8 Å². The second-order valence-corrected chi connectivity index (χ2v) is 6.31. The lowest BCUT2D eigenvalue weighted by atomic mass is 9.98. The summed E-state index contributed by atoms with van der Waals surface area (Å²) in [5.74, 6) is -0.586. The van der Waals surface area contributed by atoms with Gasteiger partial charge in [-0.15, -0.1) is 0 Å². The molecule has 114 valence electrons. The Balaban J connectivity index is 1.90. The fourth-order valence-electron chi connectivity index (χ4n) is 3.02. The lowest BCUT2D eigenvalue weighted by Gasteiger charge is -2.21. The van der Waals surface area contributed by atoms with Gasteiger partial charge in [-0.2, -0.15) is 11.3 Å². The molecule has 0 saturated heterocycles. The van der Waals surface area contributed by atoms with Gasteiger partial charge in [-0.05, 0) is 34.5 Å². The van der Waals surface area contributed by atoms with Crippen LogP contribution in [0.5, 0.6) is 0 Å². The number of hydrogen-bond acceptors (Lipinski definition) is 4. The van der Waals surface area contributed by atoms with Crippen molar-refractivity contribution in [3.8, 4) is 0 Å². The summed E-state index contributed by atoms with van der Waals surface area (Å²) >= 11 is 1.57. The van der Waals surface area contributed by atoms with Crippen LogP contribution < -0.4 is 0 Å². The van der Waals surface area contributed by atoms with Crippen LogP contribution in [0.3, 0.4) is 0 Å². The van der Waals surface area contributed by atoms with Gasteiger partial charge in [0.1, 0.15) is 0 Å². The second kappa shape index (κ2) is 5.21. The third-order valence-electron chi connectivity index (χ3n) is 4.17. The fourth-order valence-corrected chi connectivity index (χ4v) is 3.70. The molecule has 0 radical (unpaired) electrons. The van der Waals surface area contributed by atoms with E-state index >= 15 is 0 Å². The smallest absolute Gasteiger partial charge is 0.289 e. The first-order valence-electron chi connectivity index (χ1n) is 7.25. The van der Waals surface area contributed by atoms with E-state index in [0.717, 1.165) is 16.5 Å². The molecular weight excluding hydrogens is 308 g/mol. The van der Waals surface area contributed by atoms with Gasteiger partial charge in [-0.25, -0.2) is 4.98 Å². The van der Waals surface area contributed by atoms with Crippen molar-refractivity contribution in [1.29, 1.82) is 0 Å². The first-order chi connectivity index (χ1) is 11.2. The van der Waals surface area contributed by atoms with Gasteiger partial charge in [0.15, 0.2) is 5.76 Å². The number of carbonyl (C=O) groups excluding carboxylic acids is 1. The van der Waals surface area contributed by atoms with Crippen molar-refractivity contribution in [3.05, 3.63) is 70.2 Å². The Labute approximate surface area is 137 Å². The SMILES string of the molecule is CN1C(=O)C(O)=C(c2ccc3ccccc3n2)C1c1ccsc1. The summed E-state index contributed by atoms with van der Waals surface area (Å²) in [6, 6.07) is 13.3. The summed E-state index contributed by atoms with van der Waals surface area (Å²) in [4.78, 5) is 18.5. The summed E-state index contributed by atoms with van der Waals surface area (Å²) in [6.45, 7) is 0. The van der Waals surface area contributed by atoms with Crippen LogP contribution in [-0.2, 0) is 4.79 Å². The van der Waals surface area contributed by atoms with Crippen LogP contribution in [0.1, 0.15) is 17.3 Å². The standard InChI is InChI=1S/C18H14N2O2S/c1-20-16(12-8-9-23-10-12)15(17(21)18(20)22)14-7-6-11-4-2-3-5-13(11)19-14/h2-10,16,21H,1H3. The van der Waals surface area contributed by atoms with Crippen LogP contribution in [0, 0.1) is 0 Å². The van der Waals surface area contributed by atoms with Gasteiger partial charge >= 0.3 is 0 Å². The number of benzene rings is 1. The maximum Gasteiger partial charge on any atom is 0.289 e. The molecule has 0 fully saturated rings. The predicted octanol–water partition coefficient (Wildman–Crippen LogP) is 3.78. The summed E-state index contributed by atoms with van der Waals surface area (Å²) in [7, 11) is 1.70. The zero-order chi connectivity index (χ0) is 16.0. The topological polar surface area (TPSA) is 53.4 Å². The number of para-hydroxylation sites is 1. The Morgan fingerprint density at radius 3 is 2.78 bits per heavy atom. The van der Waals surface area contributed by atoms with E-state index in [2.05, 4.69) is 4.98 Å². The lowest BCUT2D eigenvalue weighted by molar-refractivity contribution is -0.128. The highest BCUT2D eigenvalue weighted by Gasteiger charge is 2.39. The van der Waals surface area contributed by atoms with Crippen LogP contribution in [-0.4, -0.2) is 27.9 Å². The highest BCUT2D eigenvalue weighted by atomic mass is 32.1. The number of amides is 1. The van der Waals surface area contributed by atoms with E-state index in [4.69, 9.17) is 0 Å². The number of pyridine rings is 1. The molecule has 0 aliphatic carbocycles. The van der Waals surface area contributed by atoms with E-state index in [1.807, 2.05) is 53.2 Å². The van der Waals surface area contributed by atoms with Crippen LogP contribution >= 0.6 is 11.3 Å². The van der Waals surface area contributed by atoms with Gasteiger partial charge in [0.2, 0.25) is 0 Å². The molecule has 1 amide bonds. The molecule has 3 heterocycles. The third-order valence-corrected chi connectivity index (χ3v) is 4.87. The average Bonchev–Trinajstić information content (AvgIpc) is 3.17. The summed E-state index contributed by atoms with van der Waals surface area (Å²) in [5.41, 5.74) is 3.04. The molecule has 4 rings (SSSR count). The quantitative estimate of drug-likeness (QED) is 0.781. The van der Waals surface area contributed by atoms with Crippen LogP contribution in [0.4, 0.5) is 0 Å². The number of hydrogen-bond donors (Lipinski definition) is 1. The van der Waals surface area contributed by atoms with Crippen LogP contribution in [0.25, 0.3) is 16.5 Å². The summed E-state index contributed by atoms with van der Waals surface area (Å²) in [5, 5.41) is 15.4. The van der Waals surface area contributed by atoms with Gasteiger partial charge < -0.3 is 10.0 Å². The van der Waals surface area contributed by atoms with E-state index in [-0.39, 0.29) is 17.7 Å². The molecule has 2 aromatic heterocycles. The van der Waals surface area contributed by atoms with Gasteiger partial charge in [0, 0.05) is 12.4 Å². The highest BCUT2D eigenvalue weighted by Crippen LogP contribution is 2.42. The molecule has 4 nitrogen and oxygen atoms in total. The molecule has 1 atom stereocenters. The minimum Gasteiger partial charge on any atom is -0.503 e. The number of rotatable bonds is 2. The number of carbonyl (C=O) groups is 1. The number of likely N-dealkylation sites (N-methyl/N-ethyl adjacent to an activating group) is 1. The van der Waals surface area contributed by atoms with Crippen molar-refractivity contribution in [2.75, 3.05) is 7.05 Å². The maximum atomic E-state index is 12.3. The number of fused-ring (bicyclic) bond motifs is 1. The molecule has 1 unspecified atom stereocenters. The predicted molar refractivity (Wildman–Crippen MR) is 91.1 cm³/mol. The molecule has 0 saturated carbocycles. The van der Waals surface area contributed by atoms with Crippen molar-refractivity contribution in [1.82, 2.24) is 9.88 Å². The summed E-state index contributed by atoms with van der Waals surface area (Å²) < 4.78 is 0. The van der Waals surface area contributed by atoms with E-state index < -0.39 is 0 Å². The Hall–Kier alpha value is -2.66. The zero-order valence-corrected chi connectivity index (χ0v) is 13.2. The normalized spacial score (nSPS) is 18.2. The lowest BCUT2D eigenvalue weighted by Crippen LogP contribution is -2.25. The number of nitrogens with zero attached hydrogens (tertiary/aromatic N) is 2. The molecule has 0 bridgehead atoms. The largest absolute Gasteiger partial charge is 0.503 e. The molecule has 1 aliphatic rings. The van der Waals surface area contributed by atoms with Gasteiger partial charge in [-0.3, -0.25) is 4.79 Å². The summed E-state index contributed by atoms with van der Waals surface area (Å²) in [6.07, 6.45) is 0. The highest BCUT2D eigenvalue weighted by molar-refractivity contribution is 7.08. The van der Waals surface area contributed by atoms with Crippen molar-refractivity contribution < 1.29 is 9.90 Å². The van der Waals surface area contributed by atoms with Crippen LogP contribution in [0.2, 0.25) is 0 Å². The van der Waals surface area contributed by atoms with Crippen molar-refractivity contribution in [3.63, 3.8) is 0 Å². The number of thiophene rings is 1. The van der Waals surface area contributed by atoms with E-state index in [1.54, 1.807) is 23.3 Å². The zero-order valence-electron chi connectivity index (χ0n) is 12.4. The fraction of sp³-hybridized carbons (Fsp3) is 0.111. The van der Waals surface area contributed by atoms with E-state index in [9.17, 15) is 9.90 Å². The van der Waals surface area contributed by atoms with Crippen molar-refractivity contribution >= 4 is 33.7 Å². The first kappa shape index (κ1) is 14.0. The van der Waals surface area contributed by atoms with E-state index in [1.165, 1.54) is 0 Å². The Morgan fingerprint density at radius 1 is 1.17 bits per heavy atom. The molecule has 5 heteroatoms. The monoisotopic (exact) mass is 322 g/mol. The molecular formula is C18H14N2O2S. The number of aromatic nitrogens is 1. The Bertz CT molecular complexity index is 931. The average molecular weight is 322 g/mol. The third kappa shape index (κ3) is 2.12. The number of aliphatic hydroxyl groups is 1. The number of aliphatic hydroxyl groups excluding tert-OH is 1. The minimum absolute atomic E-state index is 0.216. The molecule has 23 heavy (non-hydrogen) atoms. The van der Waals surface area contributed by atoms with Crippen molar-refractivity contribution in [2.45, 2.75) is 6.04 Å².